The lowest BCUT2D eigenvalue weighted by atomic mass is 10.00. The Bertz CT molecular complexity index is 1420. The van der Waals surface area contributed by atoms with Crippen molar-refractivity contribution in [1.29, 1.82) is 0 Å². The van der Waals surface area contributed by atoms with E-state index in [0.717, 1.165) is 89.9 Å². The van der Waals surface area contributed by atoms with Gasteiger partial charge in [-0.15, -0.1) is 0 Å². The van der Waals surface area contributed by atoms with Gasteiger partial charge in [0.1, 0.15) is 36.8 Å². The zero-order valence-corrected chi connectivity index (χ0v) is 38.8. The third kappa shape index (κ3) is 32.7. The summed E-state index contributed by atoms with van der Waals surface area (Å²) in [7, 11) is -4.61. The topological polar surface area (TPSA) is 186 Å². The van der Waals surface area contributed by atoms with Crippen molar-refractivity contribution < 1.29 is 56.8 Å². The molecule has 62 heavy (non-hydrogen) atoms. The van der Waals surface area contributed by atoms with Gasteiger partial charge >= 0.3 is 11.9 Å². The summed E-state index contributed by atoms with van der Waals surface area (Å²) >= 11 is 0. The fourth-order valence-corrected chi connectivity index (χ4v) is 7.26. The summed E-state index contributed by atoms with van der Waals surface area (Å²) in [6.07, 6.45) is 39.3. The van der Waals surface area contributed by atoms with E-state index in [1.54, 1.807) is 0 Å². The number of hydrogen-bond donors (Lipinski definition) is 4. The van der Waals surface area contributed by atoms with Crippen molar-refractivity contribution in [3.8, 4) is 0 Å². The number of esters is 2. The van der Waals surface area contributed by atoms with Crippen LogP contribution < -0.4 is 0 Å². The van der Waals surface area contributed by atoms with E-state index in [-0.39, 0.29) is 19.4 Å². The molecule has 1 saturated heterocycles. The Kier molecular flexibility index (Phi) is 35.5. The first kappa shape index (κ1) is 57.1. The zero-order chi connectivity index (χ0) is 45.5. The molecule has 12 nitrogen and oxygen atoms in total. The lowest BCUT2D eigenvalue weighted by molar-refractivity contribution is -0.297. The number of carbonyl (C=O) groups is 2. The van der Waals surface area contributed by atoms with Crippen molar-refractivity contribution in [1.82, 2.24) is 0 Å². The Balaban J connectivity index is 2.48. The monoisotopic (exact) mass is 895 g/mol. The van der Waals surface area contributed by atoms with Crippen LogP contribution >= 0.6 is 0 Å². The van der Waals surface area contributed by atoms with E-state index in [4.69, 9.17) is 18.9 Å². The molecule has 0 radical (unpaired) electrons. The first-order valence-electron chi connectivity index (χ1n) is 23.5. The number of aliphatic hydroxyl groups is 3. The molecule has 2 unspecified atom stereocenters. The minimum Gasteiger partial charge on any atom is -0.462 e. The molecule has 0 aliphatic carbocycles. The van der Waals surface area contributed by atoms with Gasteiger partial charge in [0.05, 0.1) is 6.61 Å². The molecule has 6 atom stereocenters. The van der Waals surface area contributed by atoms with E-state index in [1.165, 1.54) is 38.5 Å². The summed E-state index contributed by atoms with van der Waals surface area (Å²) < 4.78 is 54.1. The number of aliphatic hydroxyl groups excluding tert-OH is 3. The first-order chi connectivity index (χ1) is 30.0. The van der Waals surface area contributed by atoms with Crippen molar-refractivity contribution in [2.45, 2.75) is 205 Å². The number of unbranched alkanes of at least 4 members (excludes halogenated alkanes) is 14. The van der Waals surface area contributed by atoms with E-state index in [9.17, 15) is 37.9 Å². The maximum Gasteiger partial charge on any atom is 0.306 e. The van der Waals surface area contributed by atoms with E-state index >= 15 is 0 Å². The van der Waals surface area contributed by atoms with Gasteiger partial charge in [-0.25, -0.2) is 0 Å². The molecule has 0 saturated carbocycles. The number of carbonyl (C=O) groups excluding carboxylic acids is 2. The van der Waals surface area contributed by atoms with Gasteiger partial charge in [0.15, 0.2) is 12.4 Å². The van der Waals surface area contributed by atoms with Crippen LogP contribution in [0.25, 0.3) is 0 Å². The lowest BCUT2D eigenvalue weighted by Crippen LogP contribution is -2.60. The third-order valence-electron chi connectivity index (χ3n) is 10.3. The van der Waals surface area contributed by atoms with Crippen LogP contribution in [0.2, 0.25) is 0 Å². The maximum atomic E-state index is 12.8. The molecule has 1 aliphatic heterocycles. The van der Waals surface area contributed by atoms with Crippen molar-refractivity contribution in [3.63, 3.8) is 0 Å². The highest BCUT2D eigenvalue weighted by Crippen LogP contribution is 2.24. The molecule has 0 bridgehead atoms. The zero-order valence-electron chi connectivity index (χ0n) is 37.9. The third-order valence-corrected chi connectivity index (χ3v) is 11.0. The molecule has 1 aliphatic rings. The van der Waals surface area contributed by atoms with E-state index in [2.05, 4.69) is 86.8 Å². The van der Waals surface area contributed by atoms with Crippen LogP contribution in [0, 0.1) is 0 Å². The molecular formula is C49H82O12S. The molecule has 1 rings (SSSR count). The van der Waals surface area contributed by atoms with Crippen LogP contribution in [-0.4, -0.2) is 96.0 Å². The molecule has 4 N–H and O–H groups in total. The lowest BCUT2D eigenvalue weighted by Gasteiger charge is -2.40. The fourth-order valence-electron chi connectivity index (χ4n) is 6.57. The van der Waals surface area contributed by atoms with Crippen LogP contribution in [0.4, 0.5) is 0 Å². The minimum atomic E-state index is -4.61. The average Bonchev–Trinajstić information content (AvgIpc) is 3.24. The number of hydrogen-bond acceptors (Lipinski definition) is 11. The number of rotatable bonds is 38. The van der Waals surface area contributed by atoms with E-state index in [1.807, 2.05) is 0 Å². The summed E-state index contributed by atoms with van der Waals surface area (Å²) in [4.78, 5) is 25.4. The second-order valence-corrected chi connectivity index (χ2v) is 17.6. The van der Waals surface area contributed by atoms with Gasteiger partial charge in [-0.1, -0.05) is 138 Å². The molecule has 0 amide bonds. The van der Waals surface area contributed by atoms with Gasteiger partial charge in [-0.2, -0.15) is 8.42 Å². The number of allylic oxidation sites excluding steroid dienone is 12. The van der Waals surface area contributed by atoms with Gasteiger partial charge in [-0.3, -0.25) is 14.1 Å². The summed E-state index contributed by atoms with van der Waals surface area (Å²) in [6.45, 7) is 3.66. The van der Waals surface area contributed by atoms with Crippen LogP contribution in [0.15, 0.2) is 72.9 Å². The fraction of sp³-hybridized carbons (Fsp3) is 0.714. The average molecular weight is 895 g/mol. The van der Waals surface area contributed by atoms with E-state index < -0.39 is 71.2 Å². The molecule has 1 fully saturated rings. The standard InChI is InChI=1S/C49H82O12S/c1-3-5-7-9-11-13-15-17-19-21-23-25-27-29-31-33-35-37-44(50)58-39-42(40-59-49-48(54)47(53)46(52)43(61-49)41-62(55,56)57)60-45(51)38-36-34-32-30-28-26-24-22-20-18-16-14-12-10-8-6-4-2/h11-14,17-20,23-26,42-43,46-49,52-54H,3-10,15-16,21-22,27-41H2,1-2H3,(H,55,56,57)/b13-11+,14-12+,19-17+,20-18+,25-23+,26-24+/t42-,43-,46-,47?,48?,49+/m1/s1. The first-order valence-corrected chi connectivity index (χ1v) is 25.1. The molecule has 13 heteroatoms. The minimum absolute atomic E-state index is 0.130. The van der Waals surface area contributed by atoms with Crippen LogP contribution in [0.5, 0.6) is 0 Å². The Labute approximate surface area is 374 Å². The normalized spacial score (nSPS) is 20.5. The summed E-state index contributed by atoms with van der Waals surface area (Å²) in [5.74, 6) is -2.05. The Morgan fingerprint density at radius 2 is 0.968 bits per heavy atom. The largest absolute Gasteiger partial charge is 0.462 e. The van der Waals surface area contributed by atoms with Crippen LogP contribution in [0.3, 0.4) is 0 Å². The highest BCUT2D eigenvalue weighted by atomic mass is 32.2. The molecule has 1 heterocycles. The molecule has 0 aromatic carbocycles. The predicted octanol–water partition coefficient (Wildman–Crippen LogP) is 9.89. The molecular weight excluding hydrogens is 813 g/mol. The Morgan fingerprint density at radius 1 is 0.548 bits per heavy atom. The van der Waals surface area contributed by atoms with Gasteiger partial charge in [0.2, 0.25) is 0 Å². The molecule has 356 valence electrons. The van der Waals surface area contributed by atoms with Crippen LogP contribution in [-0.2, 0) is 38.7 Å². The van der Waals surface area contributed by atoms with Gasteiger partial charge in [0, 0.05) is 12.8 Å². The summed E-state index contributed by atoms with van der Waals surface area (Å²) in [6, 6.07) is 0. The second-order valence-electron chi connectivity index (χ2n) is 16.1. The quantitative estimate of drug-likeness (QED) is 0.0199. The predicted molar refractivity (Wildman–Crippen MR) is 247 cm³/mol. The van der Waals surface area contributed by atoms with Crippen molar-refractivity contribution in [2.75, 3.05) is 19.0 Å². The van der Waals surface area contributed by atoms with Gasteiger partial charge in [-0.05, 0) is 89.9 Å². The Morgan fingerprint density at radius 3 is 1.42 bits per heavy atom. The molecule has 0 aromatic rings. The van der Waals surface area contributed by atoms with Crippen molar-refractivity contribution in [2.24, 2.45) is 0 Å². The maximum absolute atomic E-state index is 12.8. The Hall–Kier alpha value is -2.91. The van der Waals surface area contributed by atoms with Crippen molar-refractivity contribution >= 4 is 22.1 Å². The smallest absolute Gasteiger partial charge is 0.306 e. The summed E-state index contributed by atoms with van der Waals surface area (Å²) in [5, 5.41) is 30.9. The van der Waals surface area contributed by atoms with Crippen molar-refractivity contribution in [3.05, 3.63) is 72.9 Å². The molecule has 0 aromatic heterocycles. The number of ether oxygens (including phenoxy) is 4. The highest BCUT2D eigenvalue weighted by molar-refractivity contribution is 7.85. The van der Waals surface area contributed by atoms with E-state index in [0.29, 0.717) is 12.8 Å². The second kappa shape index (κ2) is 38.5. The highest BCUT2D eigenvalue weighted by Gasteiger charge is 2.46. The summed E-state index contributed by atoms with van der Waals surface area (Å²) in [5.41, 5.74) is 0. The van der Waals surface area contributed by atoms with Crippen LogP contribution in [0.1, 0.15) is 168 Å². The van der Waals surface area contributed by atoms with Gasteiger partial charge < -0.3 is 34.3 Å². The SMILES string of the molecule is CCCCC/C=C/C/C=C/C/C=C/CCCCCCC(=O)OC[C@H](CO[C@H]1O[C@H](CS(=O)(=O)O)[C@@H](O)C(O)C1O)OC(=O)CCCCCC/C=C/C/C=C/C/C=C/CCCCC. The molecule has 0 spiro atoms. The van der Waals surface area contributed by atoms with Gasteiger partial charge in [0.25, 0.3) is 10.1 Å².